The Balaban J connectivity index is 1.93. The van der Waals surface area contributed by atoms with Gasteiger partial charge in [-0.2, -0.15) is 0 Å². The van der Waals surface area contributed by atoms with Gasteiger partial charge in [-0.05, 0) is 66.2 Å². The second kappa shape index (κ2) is 8.46. The quantitative estimate of drug-likeness (QED) is 0.711. The summed E-state index contributed by atoms with van der Waals surface area (Å²) in [6.07, 6.45) is 0. The van der Waals surface area contributed by atoms with Crippen molar-refractivity contribution in [3.8, 4) is 5.75 Å². The first-order chi connectivity index (χ1) is 11.8. The molecule has 0 radical (unpaired) electrons. The van der Waals surface area contributed by atoms with Gasteiger partial charge in [-0.1, -0.05) is 12.1 Å². The summed E-state index contributed by atoms with van der Waals surface area (Å²) < 4.78 is 32.7. The topological polar surface area (TPSA) is 84.5 Å². The molecule has 1 amide bonds. The van der Waals surface area contributed by atoms with Gasteiger partial charge in [0.1, 0.15) is 5.75 Å². The molecule has 2 aromatic rings. The third-order valence-electron chi connectivity index (χ3n) is 3.04. The summed E-state index contributed by atoms with van der Waals surface area (Å²) in [4.78, 5) is 12.1. The van der Waals surface area contributed by atoms with Crippen LogP contribution in [0.1, 0.15) is 13.8 Å². The Kier molecular flexibility index (Phi) is 6.57. The van der Waals surface area contributed by atoms with E-state index in [1.807, 2.05) is 18.2 Å². The molecule has 0 heterocycles. The molecule has 8 heteroatoms. The lowest BCUT2D eigenvalue weighted by molar-refractivity contribution is -0.118. The molecule has 0 aromatic heterocycles. The maximum atomic E-state index is 12.0. The van der Waals surface area contributed by atoms with Crippen molar-refractivity contribution in [1.29, 1.82) is 0 Å². The smallest absolute Gasteiger partial charge is 0.262 e. The van der Waals surface area contributed by atoms with E-state index in [9.17, 15) is 13.2 Å². The van der Waals surface area contributed by atoms with Crippen molar-refractivity contribution < 1.29 is 17.9 Å². The molecular formula is C17H19BrN2O4S. The number of nitrogens with one attached hydrogen (secondary N) is 2. The molecule has 25 heavy (non-hydrogen) atoms. The van der Waals surface area contributed by atoms with Crippen LogP contribution in [0.2, 0.25) is 0 Å². The third-order valence-corrected chi connectivity index (χ3v) is 5.41. The molecule has 2 aromatic carbocycles. The number of rotatable bonds is 7. The molecule has 6 nitrogen and oxygen atoms in total. The summed E-state index contributed by atoms with van der Waals surface area (Å²) in [5.74, 6) is 0.0934. The van der Waals surface area contributed by atoms with E-state index in [2.05, 4.69) is 26.0 Å². The molecule has 2 rings (SSSR count). The summed E-state index contributed by atoms with van der Waals surface area (Å²) >= 11 is 3.35. The minimum atomic E-state index is -3.54. The van der Waals surface area contributed by atoms with Crippen LogP contribution in [0.5, 0.6) is 5.75 Å². The van der Waals surface area contributed by atoms with E-state index in [-0.39, 0.29) is 23.5 Å². The number of para-hydroxylation sites is 1. The SMILES string of the molecule is CC(C)NS(=O)(=O)c1ccc(OCC(=O)Nc2ccccc2Br)cc1. The van der Waals surface area contributed by atoms with Gasteiger partial charge in [-0.3, -0.25) is 4.79 Å². The van der Waals surface area contributed by atoms with Crippen LogP contribution in [0.4, 0.5) is 5.69 Å². The molecule has 0 unspecified atom stereocenters. The zero-order valence-corrected chi connectivity index (χ0v) is 16.2. The molecule has 0 aliphatic rings. The van der Waals surface area contributed by atoms with Gasteiger partial charge >= 0.3 is 0 Å². The Morgan fingerprint density at radius 3 is 2.36 bits per heavy atom. The first kappa shape index (κ1) is 19.4. The minimum absolute atomic E-state index is 0.145. The van der Waals surface area contributed by atoms with Crippen molar-refractivity contribution in [3.05, 3.63) is 53.0 Å². The molecule has 0 aliphatic carbocycles. The van der Waals surface area contributed by atoms with Crippen LogP contribution in [0.15, 0.2) is 57.9 Å². The van der Waals surface area contributed by atoms with E-state index in [0.717, 1.165) is 4.47 Å². The molecule has 0 fully saturated rings. The Morgan fingerprint density at radius 2 is 1.76 bits per heavy atom. The number of halogens is 1. The minimum Gasteiger partial charge on any atom is -0.484 e. The van der Waals surface area contributed by atoms with E-state index in [0.29, 0.717) is 11.4 Å². The number of carbonyl (C=O) groups is 1. The van der Waals surface area contributed by atoms with Gasteiger partial charge in [0.2, 0.25) is 10.0 Å². The molecular weight excluding hydrogens is 408 g/mol. The number of hydrogen-bond acceptors (Lipinski definition) is 4. The zero-order valence-electron chi connectivity index (χ0n) is 13.8. The number of ether oxygens (including phenoxy) is 1. The fourth-order valence-corrected chi connectivity index (χ4v) is 3.63. The first-order valence-corrected chi connectivity index (χ1v) is 9.85. The lowest BCUT2D eigenvalue weighted by atomic mass is 10.3. The monoisotopic (exact) mass is 426 g/mol. The number of benzene rings is 2. The Morgan fingerprint density at radius 1 is 1.12 bits per heavy atom. The molecule has 0 saturated heterocycles. The second-order valence-corrected chi connectivity index (χ2v) is 8.13. The highest BCUT2D eigenvalue weighted by atomic mass is 79.9. The van der Waals surface area contributed by atoms with Crippen LogP contribution >= 0.6 is 15.9 Å². The van der Waals surface area contributed by atoms with Crippen LogP contribution in [0.25, 0.3) is 0 Å². The summed E-state index contributed by atoms with van der Waals surface area (Å²) in [5.41, 5.74) is 0.650. The lowest BCUT2D eigenvalue weighted by Crippen LogP contribution is -2.30. The van der Waals surface area contributed by atoms with Crippen molar-refractivity contribution in [2.45, 2.75) is 24.8 Å². The van der Waals surface area contributed by atoms with Crippen LogP contribution < -0.4 is 14.8 Å². The lowest BCUT2D eigenvalue weighted by Gasteiger charge is -2.11. The maximum Gasteiger partial charge on any atom is 0.262 e. The molecule has 2 N–H and O–H groups in total. The molecule has 0 spiro atoms. The van der Waals surface area contributed by atoms with Gasteiger partial charge in [-0.25, -0.2) is 13.1 Å². The standard InChI is InChI=1S/C17H19BrN2O4S/c1-12(2)20-25(22,23)14-9-7-13(8-10-14)24-11-17(21)19-16-6-4-3-5-15(16)18/h3-10,12,20H,11H2,1-2H3,(H,19,21). The zero-order chi connectivity index (χ0) is 18.4. The van der Waals surface area contributed by atoms with Gasteiger partial charge in [0.05, 0.1) is 10.6 Å². The van der Waals surface area contributed by atoms with E-state index in [4.69, 9.17) is 4.74 Å². The Labute approximate surface area is 155 Å². The van der Waals surface area contributed by atoms with Gasteiger partial charge in [0.25, 0.3) is 5.91 Å². The average Bonchev–Trinajstić information content (AvgIpc) is 2.54. The summed E-state index contributed by atoms with van der Waals surface area (Å²) in [6.45, 7) is 3.31. The van der Waals surface area contributed by atoms with Crippen LogP contribution in [-0.4, -0.2) is 27.0 Å². The van der Waals surface area contributed by atoms with Gasteiger partial charge in [0, 0.05) is 10.5 Å². The highest BCUT2D eigenvalue weighted by molar-refractivity contribution is 9.10. The fraction of sp³-hybridized carbons (Fsp3) is 0.235. The average molecular weight is 427 g/mol. The number of carbonyl (C=O) groups excluding carboxylic acids is 1. The maximum absolute atomic E-state index is 12.0. The van der Waals surface area contributed by atoms with Crippen molar-refractivity contribution in [1.82, 2.24) is 4.72 Å². The number of amides is 1. The molecule has 0 saturated carbocycles. The van der Waals surface area contributed by atoms with E-state index >= 15 is 0 Å². The van der Waals surface area contributed by atoms with Crippen molar-refractivity contribution >= 4 is 37.5 Å². The Bertz CT molecular complexity index is 836. The molecule has 0 bridgehead atoms. The number of anilines is 1. The van der Waals surface area contributed by atoms with Crippen molar-refractivity contribution in [3.63, 3.8) is 0 Å². The predicted molar refractivity (Wildman–Crippen MR) is 100 cm³/mol. The highest BCUT2D eigenvalue weighted by Gasteiger charge is 2.15. The second-order valence-electron chi connectivity index (χ2n) is 5.56. The van der Waals surface area contributed by atoms with Crippen molar-refractivity contribution in [2.75, 3.05) is 11.9 Å². The summed E-state index contributed by atoms with van der Waals surface area (Å²) in [7, 11) is -3.54. The summed E-state index contributed by atoms with van der Waals surface area (Å²) in [5, 5.41) is 2.72. The molecule has 134 valence electrons. The van der Waals surface area contributed by atoms with Crippen LogP contribution in [0, 0.1) is 0 Å². The van der Waals surface area contributed by atoms with E-state index in [1.165, 1.54) is 24.3 Å². The molecule has 0 atom stereocenters. The number of sulfonamides is 1. The first-order valence-electron chi connectivity index (χ1n) is 7.57. The third kappa shape index (κ3) is 5.84. The fourth-order valence-electron chi connectivity index (χ4n) is 1.99. The van der Waals surface area contributed by atoms with E-state index < -0.39 is 10.0 Å². The largest absolute Gasteiger partial charge is 0.484 e. The Hall–Kier alpha value is -1.90. The van der Waals surface area contributed by atoms with E-state index in [1.54, 1.807) is 19.9 Å². The normalized spacial score (nSPS) is 11.4. The molecule has 0 aliphatic heterocycles. The van der Waals surface area contributed by atoms with Crippen LogP contribution in [-0.2, 0) is 14.8 Å². The van der Waals surface area contributed by atoms with Gasteiger partial charge in [0.15, 0.2) is 6.61 Å². The van der Waals surface area contributed by atoms with Crippen molar-refractivity contribution in [2.24, 2.45) is 0 Å². The van der Waals surface area contributed by atoms with Gasteiger partial charge in [-0.15, -0.1) is 0 Å². The summed E-state index contributed by atoms with van der Waals surface area (Å²) in [6, 6.07) is 13.0. The van der Waals surface area contributed by atoms with Gasteiger partial charge < -0.3 is 10.1 Å². The number of hydrogen-bond donors (Lipinski definition) is 2. The predicted octanol–water partition coefficient (Wildman–Crippen LogP) is 3.15. The highest BCUT2D eigenvalue weighted by Crippen LogP contribution is 2.21. The van der Waals surface area contributed by atoms with Crippen LogP contribution in [0.3, 0.4) is 0 Å².